The summed E-state index contributed by atoms with van der Waals surface area (Å²) in [5, 5.41) is 5.51. The summed E-state index contributed by atoms with van der Waals surface area (Å²) in [6, 6.07) is 7.61. The van der Waals surface area contributed by atoms with Crippen LogP contribution < -0.4 is 10.6 Å². The first kappa shape index (κ1) is 17.8. The minimum Gasteiger partial charge on any atom is -0.467 e. The zero-order valence-electron chi connectivity index (χ0n) is 11.9. The van der Waals surface area contributed by atoms with Crippen LogP contribution in [0.15, 0.2) is 45.9 Å². The average Bonchev–Trinajstić information content (AvgIpc) is 3.00. The highest BCUT2D eigenvalue weighted by Gasteiger charge is 2.18. The number of carbonyl (C=O) groups is 1. The highest BCUT2D eigenvalue weighted by atomic mass is 35.5. The molecule has 0 spiro atoms. The third kappa shape index (κ3) is 5.24. The number of amides is 1. The van der Waals surface area contributed by atoms with Crippen LogP contribution in [0.4, 0.5) is 0 Å². The van der Waals surface area contributed by atoms with Gasteiger partial charge in [0.2, 0.25) is 5.91 Å². The van der Waals surface area contributed by atoms with Crippen molar-refractivity contribution in [3.63, 3.8) is 0 Å². The zero-order chi connectivity index (χ0) is 16.9. The van der Waals surface area contributed by atoms with E-state index in [4.69, 9.17) is 27.6 Å². The molecule has 6 nitrogen and oxygen atoms in total. The van der Waals surface area contributed by atoms with Crippen molar-refractivity contribution in [1.29, 1.82) is 0 Å². The first-order valence-electron chi connectivity index (χ1n) is 6.56. The average molecular weight is 377 g/mol. The van der Waals surface area contributed by atoms with E-state index in [0.717, 1.165) is 0 Å². The van der Waals surface area contributed by atoms with E-state index in [0.29, 0.717) is 5.76 Å². The lowest BCUT2D eigenvalue weighted by Gasteiger charge is -2.09. The van der Waals surface area contributed by atoms with Crippen LogP contribution >= 0.6 is 23.2 Å². The summed E-state index contributed by atoms with van der Waals surface area (Å²) in [6.45, 7) is 0.0819. The Hall–Kier alpha value is -1.54. The number of hydrogen-bond acceptors (Lipinski definition) is 5. The van der Waals surface area contributed by atoms with Gasteiger partial charge in [0.15, 0.2) is 9.84 Å². The van der Waals surface area contributed by atoms with Gasteiger partial charge in [0, 0.05) is 5.02 Å². The Balaban J connectivity index is 1.85. The third-order valence-electron chi connectivity index (χ3n) is 2.85. The molecule has 2 N–H and O–H groups in total. The van der Waals surface area contributed by atoms with Crippen molar-refractivity contribution in [3.8, 4) is 0 Å². The van der Waals surface area contributed by atoms with E-state index in [1.165, 1.54) is 24.5 Å². The molecule has 2 aromatic rings. The summed E-state index contributed by atoms with van der Waals surface area (Å²) < 4.78 is 29.4. The van der Waals surface area contributed by atoms with E-state index in [2.05, 4.69) is 10.6 Å². The van der Waals surface area contributed by atoms with Crippen LogP contribution in [-0.4, -0.2) is 26.7 Å². The van der Waals surface area contributed by atoms with Crippen LogP contribution in [0.5, 0.6) is 0 Å². The number of hydrogen-bond donors (Lipinski definition) is 2. The molecule has 124 valence electrons. The summed E-state index contributed by atoms with van der Waals surface area (Å²) in [5.74, 6) is -0.174. The molecule has 1 aromatic heterocycles. The molecule has 1 heterocycles. The fourth-order valence-corrected chi connectivity index (χ4v) is 3.66. The minimum atomic E-state index is -3.69. The molecular weight excluding hydrogens is 363 g/mol. The lowest BCUT2D eigenvalue weighted by Crippen LogP contribution is -2.35. The molecule has 1 aromatic carbocycles. The summed E-state index contributed by atoms with van der Waals surface area (Å²) in [7, 11) is -3.69. The molecule has 0 atom stereocenters. The Morgan fingerprint density at radius 1 is 1.22 bits per heavy atom. The second-order valence-electron chi connectivity index (χ2n) is 4.62. The lowest BCUT2D eigenvalue weighted by atomic mass is 10.4. The van der Waals surface area contributed by atoms with Gasteiger partial charge in [0.1, 0.15) is 11.6 Å². The molecule has 0 aliphatic heterocycles. The second-order valence-corrected chi connectivity index (χ2v) is 7.42. The fraction of sp³-hybridized carbons (Fsp3) is 0.214. The van der Waals surface area contributed by atoms with E-state index in [-0.39, 0.29) is 33.9 Å². The number of sulfone groups is 1. The van der Waals surface area contributed by atoms with Gasteiger partial charge < -0.3 is 9.73 Å². The molecule has 0 fully saturated rings. The van der Waals surface area contributed by atoms with Crippen LogP contribution in [0.3, 0.4) is 0 Å². The number of halogens is 2. The first-order valence-corrected chi connectivity index (χ1v) is 8.97. The number of furan rings is 1. The van der Waals surface area contributed by atoms with Gasteiger partial charge in [0.05, 0.1) is 29.3 Å². The van der Waals surface area contributed by atoms with Crippen molar-refractivity contribution >= 4 is 38.9 Å². The van der Waals surface area contributed by atoms with Crippen molar-refractivity contribution in [2.45, 2.75) is 11.4 Å². The van der Waals surface area contributed by atoms with Crippen LogP contribution in [0.25, 0.3) is 0 Å². The molecule has 0 radical (unpaired) electrons. The first-order chi connectivity index (χ1) is 10.9. The Morgan fingerprint density at radius 3 is 2.70 bits per heavy atom. The van der Waals surface area contributed by atoms with Crippen LogP contribution in [0, 0.1) is 0 Å². The van der Waals surface area contributed by atoms with E-state index < -0.39 is 15.7 Å². The topological polar surface area (TPSA) is 88.4 Å². The number of rotatable bonds is 7. The fourth-order valence-electron chi connectivity index (χ4n) is 1.75. The van der Waals surface area contributed by atoms with Crippen molar-refractivity contribution in [2.75, 3.05) is 12.4 Å². The van der Waals surface area contributed by atoms with E-state index in [1.54, 1.807) is 12.1 Å². The maximum Gasteiger partial charge on any atom is 0.234 e. The lowest BCUT2D eigenvalue weighted by molar-refractivity contribution is -0.120. The number of nitrogens with one attached hydrogen (secondary N) is 2. The van der Waals surface area contributed by atoms with Crippen LogP contribution in [0.2, 0.25) is 10.0 Å². The Bertz CT molecular complexity index is 776. The normalized spacial score (nSPS) is 11.4. The van der Waals surface area contributed by atoms with Crippen LogP contribution in [-0.2, 0) is 21.2 Å². The minimum absolute atomic E-state index is 0.0739. The van der Waals surface area contributed by atoms with Gasteiger partial charge >= 0.3 is 0 Å². The van der Waals surface area contributed by atoms with Gasteiger partial charge in [-0.1, -0.05) is 23.2 Å². The molecule has 2 rings (SSSR count). The molecule has 9 heteroatoms. The van der Waals surface area contributed by atoms with E-state index in [9.17, 15) is 13.2 Å². The highest BCUT2D eigenvalue weighted by molar-refractivity contribution is 7.91. The quantitative estimate of drug-likeness (QED) is 0.773. The number of benzene rings is 1. The Morgan fingerprint density at radius 2 is 2.00 bits per heavy atom. The van der Waals surface area contributed by atoms with Crippen LogP contribution in [0.1, 0.15) is 5.76 Å². The Labute approximate surface area is 143 Å². The summed E-state index contributed by atoms with van der Waals surface area (Å²) in [4.78, 5) is 11.6. The molecule has 0 aliphatic rings. The molecule has 0 unspecified atom stereocenters. The molecule has 1 amide bonds. The molecule has 0 bridgehead atoms. The van der Waals surface area contributed by atoms with Gasteiger partial charge in [0.25, 0.3) is 0 Å². The molecular formula is C14H14Cl2N2O4S. The molecule has 0 aliphatic carbocycles. The Kier molecular flexibility index (Phi) is 6.06. The van der Waals surface area contributed by atoms with Gasteiger partial charge in [-0.15, -0.1) is 0 Å². The molecule has 23 heavy (non-hydrogen) atoms. The van der Waals surface area contributed by atoms with E-state index >= 15 is 0 Å². The zero-order valence-corrected chi connectivity index (χ0v) is 14.2. The van der Waals surface area contributed by atoms with Crippen molar-refractivity contribution < 1.29 is 17.6 Å². The smallest absolute Gasteiger partial charge is 0.234 e. The van der Waals surface area contributed by atoms with Crippen molar-refractivity contribution in [1.82, 2.24) is 10.6 Å². The summed E-state index contributed by atoms with van der Waals surface area (Å²) in [5.41, 5.74) is 0. The molecule has 0 saturated carbocycles. The summed E-state index contributed by atoms with van der Waals surface area (Å²) >= 11 is 11.7. The standard InChI is InChI=1S/C14H14Cl2N2O4S/c15-10-3-4-12(16)13(6-10)23(20,21)9-17-8-14(19)18-7-11-2-1-5-22-11/h1-6,17H,7-9H2,(H,18,19). The molecule has 0 saturated heterocycles. The predicted molar refractivity (Wildman–Crippen MR) is 87.1 cm³/mol. The monoisotopic (exact) mass is 376 g/mol. The number of carbonyl (C=O) groups excluding carboxylic acids is 1. The van der Waals surface area contributed by atoms with E-state index in [1.807, 2.05) is 0 Å². The van der Waals surface area contributed by atoms with Gasteiger partial charge in [-0.05, 0) is 30.3 Å². The van der Waals surface area contributed by atoms with Gasteiger partial charge in [-0.25, -0.2) is 8.42 Å². The second kappa shape index (κ2) is 7.83. The predicted octanol–water partition coefficient (Wildman–Crippen LogP) is 2.22. The maximum absolute atomic E-state index is 12.2. The van der Waals surface area contributed by atoms with Gasteiger partial charge in [-0.2, -0.15) is 0 Å². The summed E-state index contributed by atoms with van der Waals surface area (Å²) in [6.07, 6.45) is 1.50. The third-order valence-corrected chi connectivity index (χ3v) is 5.11. The van der Waals surface area contributed by atoms with Gasteiger partial charge in [-0.3, -0.25) is 10.1 Å². The highest BCUT2D eigenvalue weighted by Crippen LogP contribution is 2.25. The maximum atomic E-state index is 12.2. The van der Waals surface area contributed by atoms with Crippen molar-refractivity contribution in [2.24, 2.45) is 0 Å². The van der Waals surface area contributed by atoms with Crippen molar-refractivity contribution in [3.05, 3.63) is 52.4 Å². The SMILES string of the molecule is O=C(CNCS(=O)(=O)c1cc(Cl)ccc1Cl)NCc1ccco1. The largest absolute Gasteiger partial charge is 0.467 e.